The molecule has 1 heterocycles. The number of aryl methyl sites for hydroxylation is 2. The van der Waals surface area contributed by atoms with Gasteiger partial charge in [0.25, 0.3) is 0 Å². The molecule has 1 aromatic carbocycles. The van der Waals surface area contributed by atoms with E-state index in [2.05, 4.69) is 21.0 Å². The fourth-order valence-corrected chi connectivity index (χ4v) is 2.22. The molecule has 2 aromatic rings. The molecule has 0 unspecified atom stereocenters. The molecule has 7 heteroatoms. The van der Waals surface area contributed by atoms with Crippen molar-refractivity contribution in [3.8, 4) is 5.69 Å². The molecule has 122 valence electrons. The summed E-state index contributed by atoms with van der Waals surface area (Å²) >= 11 is 0. The molecule has 7 nitrogen and oxygen atoms in total. The number of rotatable bonds is 5. The Bertz CT molecular complexity index is 708. The maximum absolute atomic E-state index is 12.0. The molecule has 0 saturated carbocycles. The van der Waals surface area contributed by atoms with Crippen LogP contribution in [-0.4, -0.2) is 34.8 Å². The fraction of sp³-hybridized carbons (Fsp3) is 0.312. The van der Waals surface area contributed by atoms with E-state index in [4.69, 9.17) is 0 Å². The highest BCUT2D eigenvalue weighted by atomic mass is 16.2. The van der Waals surface area contributed by atoms with E-state index in [0.29, 0.717) is 12.2 Å². The Labute approximate surface area is 135 Å². The zero-order valence-corrected chi connectivity index (χ0v) is 13.5. The van der Waals surface area contributed by atoms with Crippen LogP contribution in [0.1, 0.15) is 18.3 Å². The Morgan fingerprint density at radius 1 is 1.17 bits per heavy atom. The molecule has 1 aromatic heterocycles. The monoisotopic (exact) mass is 315 g/mol. The van der Waals surface area contributed by atoms with Crippen molar-refractivity contribution < 1.29 is 9.59 Å². The summed E-state index contributed by atoms with van der Waals surface area (Å²) in [5.41, 5.74) is 3.26. The first kappa shape index (κ1) is 16.5. The average Bonchev–Trinajstić information content (AvgIpc) is 2.84. The SMILES string of the molecule is CCNC(=O)CNC(=O)Nc1ccccc1-n1nc(C)cc1C. The van der Waals surface area contributed by atoms with Gasteiger partial charge < -0.3 is 16.0 Å². The predicted molar refractivity (Wildman–Crippen MR) is 88.7 cm³/mol. The molecule has 0 aliphatic heterocycles. The summed E-state index contributed by atoms with van der Waals surface area (Å²) in [5, 5.41) is 12.3. The number of carbonyl (C=O) groups excluding carboxylic acids is 2. The molecule has 2 rings (SSSR count). The number of likely N-dealkylation sites (N-methyl/N-ethyl adjacent to an activating group) is 1. The van der Waals surface area contributed by atoms with Gasteiger partial charge in [0, 0.05) is 12.2 Å². The molecule has 0 atom stereocenters. The summed E-state index contributed by atoms with van der Waals surface area (Å²) in [7, 11) is 0. The molecule has 23 heavy (non-hydrogen) atoms. The van der Waals surface area contributed by atoms with Crippen LogP contribution in [0, 0.1) is 13.8 Å². The van der Waals surface area contributed by atoms with Gasteiger partial charge in [-0.1, -0.05) is 12.1 Å². The minimum Gasteiger partial charge on any atom is -0.355 e. The van der Waals surface area contributed by atoms with E-state index in [1.165, 1.54) is 0 Å². The number of carbonyl (C=O) groups is 2. The van der Waals surface area contributed by atoms with Crippen LogP contribution >= 0.6 is 0 Å². The van der Waals surface area contributed by atoms with Gasteiger partial charge in [0.2, 0.25) is 5.91 Å². The Hall–Kier alpha value is -2.83. The molecular formula is C16H21N5O2. The third-order valence-electron chi connectivity index (χ3n) is 3.17. The lowest BCUT2D eigenvalue weighted by atomic mass is 10.2. The lowest BCUT2D eigenvalue weighted by Gasteiger charge is -2.13. The zero-order valence-electron chi connectivity index (χ0n) is 13.5. The number of nitrogens with one attached hydrogen (secondary N) is 3. The van der Waals surface area contributed by atoms with Gasteiger partial charge in [-0.05, 0) is 39.0 Å². The van der Waals surface area contributed by atoms with Gasteiger partial charge in [0.1, 0.15) is 0 Å². The van der Waals surface area contributed by atoms with Crippen molar-refractivity contribution in [2.24, 2.45) is 0 Å². The smallest absolute Gasteiger partial charge is 0.319 e. The van der Waals surface area contributed by atoms with Crippen LogP contribution < -0.4 is 16.0 Å². The maximum Gasteiger partial charge on any atom is 0.319 e. The highest BCUT2D eigenvalue weighted by Gasteiger charge is 2.11. The van der Waals surface area contributed by atoms with Gasteiger partial charge >= 0.3 is 6.03 Å². The standard InChI is InChI=1S/C16H21N5O2/c1-4-17-15(22)10-18-16(23)19-13-7-5-6-8-14(13)21-12(3)9-11(2)20-21/h5-9H,4,10H2,1-3H3,(H,17,22)(H2,18,19,23). The Morgan fingerprint density at radius 3 is 2.57 bits per heavy atom. The number of aromatic nitrogens is 2. The Morgan fingerprint density at radius 2 is 1.91 bits per heavy atom. The Kier molecular flexibility index (Phi) is 5.35. The summed E-state index contributed by atoms with van der Waals surface area (Å²) < 4.78 is 1.77. The van der Waals surface area contributed by atoms with E-state index in [9.17, 15) is 9.59 Å². The molecule has 0 saturated heterocycles. The summed E-state index contributed by atoms with van der Waals surface area (Å²) in [6.45, 7) is 6.15. The summed E-state index contributed by atoms with van der Waals surface area (Å²) in [5.74, 6) is -0.227. The van der Waals surface area contributed by atoms with Crippen LogP contribution in [0.2, 0.25) is 0 Å². The van der Waals surface area contributed by atoms with E-state index >= 15 is 0 Å². The first-order valence-corrected chi connectivity index (χ1v) is 7.45. The maximum atomic E-state index is 12.0. The quantitative estimate of drug-likeness (QED) is 0.785. The molecule has 3 N–H and O–H groups in total. The van der Waals surface area contributed by atoms with Crippen LogP contribution in [-0.2, 0) is 4.79 Å². The van der Waals surface area contributed by atoms with Gasteiger partial charge in [-0.3, -0.25) is 4.79 Å². The van der Waals surface area contributed by atoms with Gasteiger partial charge in [0.05, 0.1) is 23.6 Å². The van der Waals surface area contributed by atoms with Crippen molar-refractivity contribution in [2.75, 3.05) is 18.4 Å². The van der Waals surface area contributed by atoms with E-state index in [1.807, 2.05) is 45.0 Å². The van der Waals surface area contributed by atoms with Crippen molar-refractivity contribution in [2.45, 2.75) is 20.8 Å². The number of benzene rings is 1. The van der Waals surface area contributed by atoms with Gasteiger partial charge in [0.15, 0.2) is 0 Å². The second kappa shape index (κ2) is 7.44. The summed E-state index contributed by atoms with van der Waals surface area (Å²) in [6.07, 6.45) is 0. The highest BCUT2D eigenvalue weighted by Crippen LogP contribution is 2.21. The van der Waals surface area contributed by atoms with Crippen molar-refractivity contribution in [1.82, 2.24) is 20.4 Å². The number of urea groups is 1. The molecule has 3 amide bonds. The molecule has 0 fully saturated rings. The fourth-order valence-electron chi connectivity index (χ4n) is 2.22. The lowest BCUT2D eigenvalue weighted by molar-refractivity contribution is -0.119. The number of amides is 3. The average molecular weight is 315 g/mol. The molecular weight excluding hydrogens is 294 g/mol. The topological polar surface area (TPSA) is 88.0 Å². The molecule has 0 spiro atoms. The van der Waals surface area contributed by atoms with Crippen molar-refractivity contribution in [3.05, 3.63) is 41.7 Å². The number of anilines is 1. The second-order valence-corrected chi connectivity index (χ2v) is 5.12. The normalized spacial score (nSPS) is 10.2. The van der Waals surface area contributed by atoms with Gasteiger partial charge in [-0.2, -0.15) is 5.10 Å². The van der Waals surface area contributed by atoms with Gasteiger partial charge in [-0.25, -0.2) is 9.48 Å². The third-order valence-corrected chi connectivity index (χ3v) is 3.17. The first-order chi connectivity index (χ1) is 11.0. The van der Waals surface area contributed by atoms with Crippen molar-refractivity contribution in [3.63, 3.8) is 0 Å². The largest absolute Gasteiger partial charge is 0.355 e. The second-order valence-electron chi connectivity index (χ2n) is 5.12. The lowest BCUT2D eigenvalue weighted by Crippen LogP contribution is -2.38. The number of para-hydroxylation sites is 2. The predicted octanol–water partition coefficient (Wildman–Crippen LogP) is 1.75. The van der Waals surface area contributed by atoms with Gasteiger partial charge in [-0.15, -0.1) is 0 Å². The van der Waals surface area contributed by atoms with E-state index in [1.54, 1.807) is 10.7 Å². The summed E-state index contributed by atoms with van der Waals surface area (Å²) in [6, 6.07) is 8.89. The highest BCUT2D eigenvalue weighted by molar-refractivity contribution is 5.93. The van der Waals surface area contributed by atoms with Crippen molar-refractivity contribution in [1.29, 1.82) is 0 Å². The number of hydrogen-bond donors (Lipinski definition) is 3. The summed E-state index contributed by atoms with van der Waals surface area (Å²) in [4.78, 5) is 23.3. The van der Waals surface area contributed by atoms with Crippen LogP contribution in [0.5, 0.6) is 0 Å². The van der Waals surface area contributed by atoms with Crippen LogP contribution in [0.25, 0.3) is 5.69 Å². The van der Waals surface area contributed by atoms with Crippen molar-refractivity contribution >= 4 is 17.6 Å². The minimum absolute atomic E-state index is 0.0677. The van der Waals surface area contributed by atoms with E-state index < -0.39 is 6.03 Å². The third kappa shape index (κ3) is 4.32. The van der Waals surface area contributed by atoms with Crippen LogP contribution in [0.4, 0.5) is 10.5 Å². The first-order valence-electron chi connectivity index (χ1n) is 7.45. The number of hydrogen-bond acceptors (Lipinski definition) is 3. The van der Waals surface area contributed by atoms with E-state index in [-0.39, 0.29) is 12.5 Å². The van der Waals surface area contributed by atoms with Crippen LogP contribution in [0.3, 0.4) is 0 Å². The molecule has 0 aliphatic carbocycles. The van der Waals surface area contributed by atoms with Crippen LogP contribution in [0.15, 0.2) is 30.3 Å². The zero-order chi connectivity index (χ0) is 16.8. The Balaban J connectivity index is 2.10. The van der Waals surface area contributed by atoms with E-state index in [0.717, 1.165) is 17.1 Å². The molecule has 0 radical (unpaired) electrons. The minimum atomic E-state index is -0.440. The number of nitrogens with zero attached hydrogens (tertiary/aromatic N) is 2. The molecule has 0 aliphatic rings. The molecule has 0 bridgehead atoms.